The summed E-state index contributed by atoms with van der Waals surface area (Å²) in [6, 6.07) is 0. The van der Waals surface area contributed by atoms with E-state index in [4.69, 9.17) is 5.73 Å². The molecular weight excluding hydrogens is 290 g/mol. The Morgan fingerprint density at radius 1 is 1.00 bits per heavy atom. The van der Waals surface area contributed by atoms with E-state index in [2.05, 4.69) is 5.32 Å². The molecule has 21 heavy (non-hydrogen) atoms. The van der Waals surface area contributed by atoms with Crippen LogP contribution in [-0.4, -0.2) is 41.9 Å². The van der Waals surface area contributed by atoms with Crippen LogP contribution in [0.1, 0.15) is 57.8 Å². The molecule has 6 heteroatoms. The van der Waals surface area contributed by atoms with Crippen molar-refractivity contribution in [2.45, 2.75) is 63.3 Å². The summed E-state index contributed by atoms with van der Waals surface area (Å²) in [7, 11) is 0. The Bertz CT molecular complexity index is 351. The Hall–Kier alpha value is -0.810. The molecule has 0 spiro atoms. The molecule has 1 aliphatic carbocycles. The fourth-order valence-corrected chi connectivity index (χ4v) is 3.17. The van der Waals surface area contributed by atoms with Gasteiger partial charge in [0.2, 0.25) is 11.8 Å². The zero-order valence-electron chi connectivity index (χ0n) is 12.7. The van der Waals surface area contributed by atoms with Crippen molar-refractivity contribution in [3.8, 4) is 0 Å². The van der Waals surface area contributed by atoms with E-state index in [9.17, 15) is 9.59 Å². The van der Waals surface area contributed by atoms with Crippen molar-refractivity contribution in [2.75, 3.05) is 19.6 Å². The van der Waals surface area contributed by atoms with Crippen molar-refractivity contribution in [3.63, 3.8) is 0 Å². The van der Waals surface area contributed by atoms with Gasteiger partial charge in [-0.15, -0.1) is 12.4 Å². The average molecular weight is 318 g/mol. The number of carbonyl (C=O) groups excluding carboxylic acids is 2. The summed E-state index contributed by atoms with van der Waals surface area (Å²) in [5, 5.41) is 2.85. The van der Waals surface area contributed by atoms with Gasteiger partial charge in [0.15, 0.2) is 0 Å². The Morgan fingerprint density at radius 2 is 1.57 bits per heavy atom. The quantitative estimate of drug-likeness (QED) is 0.826. The third-order valence-corrected chi connectivity index (χ3v) is 4.53. The van der Waals surface area contributed by atoms with Crippen LogP contribution in [-0.2, 0) is 9.59 Å². The summed E-state index contributed by atoms with van der Waals surface area (Å²) in [6.07, 6.45) is 8.55. The molecule has 0 bridgehead atoms. The number of hydrogen-bond acceptors (Lipinski definition) is 3. The largest absolute Gasteiger partial charge is 0.354 e. The highest BCUT2D eigenvalue weighted by Crippen LogP contribution is 2.25. The molecule has 0 atom stereocenters. The molecule has 122 valence electrons. The fraction of sp³-hybridized carbons (Fsp3) is 0.867. The monoisotopic (exact) mass is 317 g/mol. The number of amides is 2. The molecule has 1 aliphatic heterocycles. The van der Waals surface area contributed by atoms with Crippen LogP contribution in [0.25, 0.3) is 0 Å². The number of hydrogen-bond donors (Lipinski definition) is 2. The van der Waals surface area contributed by atoms with E-state index in [0.717, 1.165) is 51.6 Å². The highest BCUT2D eigenvalue weighted by Gasteiger charge is 2.34. The summed E-state index contributed by atoms with van der Waals surface area (Å²) in [5.74, 6) is 0.0726. The van der Waals surface area contributed by atoms with Crippen LogP contribution in [0, 0.1) is 0 Å². The van der Waals surface area contributed by atoms with Crippen LogP contribution in [0.5, 0.6) is 0 Å². The first-order chi connectivity index (χ1) is 9.62. The van der Waals surface area contributed by atoms with Crippen molar-refractivity contribution in [3.05, 3.63) is 0 Å². The van der Waals surface area contributed by atoms with Gasteiger partial charge in [-0.3, -0.25) is 9.59 Å². The number of rotatable bonds is 4. The van der Waals surface area contributed by atoms with E-state index in [1.807, 2.05) is 4.90 Å². The number of nitrogens with one attached hydrogen (secondary N) is 1. The van der Waals surface area contributed by atoms with Gasteiger partial charge >= 0.3 is 0 Å². The molecule has 1 saturated carbocycles. The minimum absolute atomic E-state index is 0. The SMILES string of the molecule is Cl.NC1(C(=O)NCCC(=O)N2CCCCC2)CCCCC1. The molecule has 0 radical (unpaired) electrons. The maximum Gasteiger partial charge on any atom is 0.240 e. The van der Waals surface area contributed by atoms with E-state index in [1.165, 1.54) is 12.8 Å². The standard InChI is InChI=1S/C15H27N3O2.ClH/c16-15(8-3-1-4-9-15)14(20)17-10-7-13(19)18-11-5-2-6-12-18;/h1-12,16H2,(H,17,20);1H. The summed E-state index contributed by atoms with van der Waals surface area (Å²) < 4.78 is 0. The van der Waals surface area contributed by atoms with Gasteiger partial charge in [0.1, 0.15) is 0 Å². The average Bonchev–Trinajstić information content (AvgIpc) is 2.48. The van der Waals surface area contributed by atoms with Crippen molar-refractivity contribution >= 4 is 24.2 Å². The summed E-state index contributed by atoms with van der Waals surface area (Å²) >= 11 is 0. The summed E-state index contributed by atoms with van der Waals surface area (Å²) in [4.78, 5) is 26.0. The van der Waals surface area contributed by atoms with Crippen molar-refractivity contribution in [1.29, 1.82) is 0 Å². The second-order valence-electron chi connectivity index (χ2n) is 6.16. The molecule has 2 aliphatic rings. The first-order valence-electron chi connectivity index (χ1n) is 7.97. The predicted molar refractivity (Wildman–Crippen MR) is 85.3 cm³/mol. The maximum atomic E-state index is 12.1. The molecule has 2 rings (SSSR count). The van der Waals surface area contributed by atoms with E-state index in [0.29, 0.717) is 13.0 Å². The number of nitrogens with two attached hydrogens (primary N) is 1. The molecule has 0 aromatic rings. The molecule has 0 aromatic carbocycles. The van der Waals surface area contributed by atoms with Gasteiger partial charge in [-0.05, 0) is 32.1 Å². The van der Waals surface area contributed by atoms with Crippen LogP contribution in [0.2, 0.25) is 0 Å². The minimum Gasteiger partial charge on any atom is -0.354 e. The lowest BCUT2D eigenvalue weighted by atomic mass is 9.82. The normalized spacial score (nSPS) is 21.3. The summed E-state index contributed by atoms with van der Waals surface area (Å²) in [6.45, 7) is 2.15. The van der Waals surface area contributed by atoms with Gasteiger partial charge in [-0.1, -0.05) is 19.3 Å². The van der Waals surface area contributed by atoms with Crippen molar-refractivity contribution in [2.24, 2.45) is 5.73 Å². The Labute approximate surface area is 133 Å². The Balaban J connectivity index is 0.00000220. The molecular formula is C15H28ClN3O2. The smallest absolute Gasteiger partial charge is 0.240 e. The number of carbonyl (C=O) groups is 2. The van der Waals surface area contributed by atoms with Crippen LogP contribution in [0.15, 0.2) is 0 Å². The number of piperidine rings is 1. The lowest BCUT2D eigenvalue weighted by Gasteiger charge is -2.32. The second kappa shape index (κ2) is 8.59. The summed E-state index contributed by atoms with van der Waals surface area (Å²) in [5.41, 5.74) is 5.45. The molecule has 1 saturated heterocycles. The number of nitrogens with zero attached hydrogens (tertiary/aromatic N) is 1. The maximum absolute atomic E-state index is 12.1. The number of halogens is 1. The third-order valence-electron chi connectivity index (χ3n) is 4.53. The molecule has 1 heterocycles. The van der Waals surface area contributed by atoms with Gasteiger partial charge in [0.05, 0.1) is 5.54 Å². The molecule has 0 aromatic heterocycles. The van der Waals surface area contributed by atoms with Gasteiger partial charge in [-0.25, -0.2) is 0 Å². The van der Waals surface area contributed by atoms with Gasteiger partial charge < -0.3 is 16.0 Å². The lowest BCUT2D eigenvalue weighted by Crippen LogP contribution is -2.55. The van der Waals surface area contributed by atoms with Gasteiger partial charge in [0, 0.05) is 26.1 Å². The minimum atomic E-state index is -0.702. The van der Waals surface area contributed by atoms with Crippen LogP contribution >= 0.6 is 12.4 Å². The first kappa shape index (κ1) is 18.2. The predicted octanol–water partition coefficient (Wildman–Crippen LogP) is 1.59. The molecule has 3 N–H and O–H groups in total. The Morgan fingerprint density at radius 3 is 2.19 bits per heavy atom. The van der Waals surface area contributed by atoms with E-state index in [-0.39, 0.29) is 24.2 Å². The molecule has 0 unspecified atom stereocenters. The van der Waals surface area contributed by atoms with Gasteiger partial charge in [0.25, 0.3) is 0 Å². The van der Waals surface area contributed by atoms with Crippen LogP contribution in [0.3, 0.4) is 0 Å². The third kappa shape index (κ3) is 5.15. The zero-order valence-corrected chi connectivity index (χ0v) is 13.6. The van der Waals surface area contributed by atoms with E-state index >= 15 is 0 Å². The lowest BCUT2D eigenvalue weighted by molar-refractivity contribution is -0.132. The van der Waals surface area contributed by atoms with E-state index < -0.39 is 5.54 Å². The first-order valence-corrected chi connectivity index (χ1v) is 7.97. The number of likely N-dealkylation sites (tertiary alicyclic amines) is 1. The molecule has 2 amide bonds. The topological polar surface area (TPSA) is 75.4 Å². The van der Waals surface area contributed by atoms with Crippen molar-refractivity contribution < 1.29 is 9.59 Å². The Kier molecular flexibility index (Phi) is 7.46. The van der Waals surface area contributed by atoms with E-state index in [1.54, 1.807) is 0 Å². The van der Waals surface area contributed by atoms with Crippen LogP contribution in [0.4, 0.5) is 0 Å². The zero-order chi connectivity index (χ0) is 14.4. The second-order valence-corrected chi connectivity index (χ2v) is 6.16. The van der Waals surface area contributed by atoms with Gasteiger partial charge in [-0.2, -0.15) is 0 Å². The molecule has 5 nitrogen and oxygen atoms in total. The highest BCUT2D eigenvalue weighted by molar-refractivity contribution is 5.86. The van der Waals surface area contributed by atoms with Crippen molar-refractivity contribution in [1.82, 2.24) is 10.2 Å². The van der Waals surface area contributed by atoms with Crippen LogP contribution < -0.4 is 11.1 Å². The fourth-order valence-electron chi connectivity index (χ4n) is 3.17. The molecule has 2 fully saturated rings. The highest BCUT2D eigenvalue weighted by atomic mass is 35.5.